The van der Waals surface area contributed by atoms with Crippen molar-refractivity contribution in [2.24, 2.45) is 5.92 Å². The highest BCUT2D eigenvalue weighted by Crippen LogP contribution is 2.31. The van der Waals surface area contributed by atoms with Crippen molar-refractivity contribution in [3.05, 3.63) is 42.2 Å². The van der Waals surface area contributed by atoms with Crippen LogP contribution in [-0.2, 0) is 16.0 Å². The van der Waals surface area contributed by atoms with Gasteiger partial charge in [-0.3, -0.25) is 4.98 Å². The van der Waals surface area contributed by atoms with E-state index >= 15 is 0 Å². The number of nitrogens with zero attached hydrogens (tertiary/aromatic N) is 4. The van der Waals surface area contributed by atoms with Crippen LogP contribution in [0, 0.1) is 5.92 Å². The standard InChI is InChI=1S/C27H38N4O5/c1-27(2,3)36-26(32)30-13-9-20(10-14-30)17-31(18-21-6-5-12-28-16-21)24-8-7-23(33-4)25(29-24)35-22-11-15-34-19-22/h5-8,12,16,20,22H,9-11,13-15,17-19H2,1-4H3. The van der Waals surface area contributed by atoms with Crippen molar-refractivity contribution < 1.29 is 23.7 Å². The van der Waals surface area contributed by atoms with Crippen LogP contribution in [0.1, 0.15) is 45.6 Å². The molecule has 1 amide bonds. The molecule has 4 rings (SSSR count). The van der Waals surface area contributed by atoms with Crippen LogP contribution >= 0.6 is 0 Å². The van der Waals surface area contributed by atoms with E-state index in [9.17, 15) is 4.79 Å². The van der Waals surface area contributed by atoms with Crippen LogP contribution in [0.5, 0.6) is 11.6 Å². The largest absolute Gasteiger partial charge is 0.491 e. The smallest absolute Gasteiger partial charge is 0.410 e. The van der Waals surface area contributed by atoms with E-state index < -0.39 is 5.60 Å². The van der Waals surface area contributed by atoms with Gasteiger partial charge in [0.25, 0.3) is 5.88 Å². The molecule has 36 heavy (non-hydrogen) atoms. The van der Waals surface area contributed by atoms with Gasteiger partial charge in [0.05, 0.1) is 20.3 Å². The first-order chi connectivity index (χ1) is 17.3. The predicted molar refractivity (Wildman–Crippen MR) is 136 cm³/mol. The minimum absolute atomic E-state index is 0.0226. The van der Waals surface area contributed by atoms with E-state index in [1.807, 2.05) is 50.1 Å². The Morgan fingerprint density at radius 2 is 2.00 bits per heavy atom. The average Bonchev–Trinajstić information content (AvgIpc) is 3.37. The number of methoxy groups -OCH3 is 1. The van der Waals surface area contributed by atoms with Gasteiger partial charge in [-0.15, -0.1) is 0 Å². The Kier molecular flexibility index (Phi) is 8.51. The van der Waals surface area contributed by atoms with Crippen LogP contribution in [0.15, 0.2) is 36.7 Å². The minimum atomic E-state index is -0.487. The average molecular weight is 499 g/mol. The quantitative estimate of drug-likeness (QED) is 0.532. The predicted octanol–water partition coefficient (Wildman–Crippen LogP) is 4.31. The molecule has 2 saturated heterocycles. The van der Waals surface area contributed by atoms with E-state index in [0.717, 1.165) is 37.2 Å². The Labute approximate surface area is 213 Å². The van der Waals surface area contributed by atoms with Gasteiger partial charge in [0.15, 0.2) is 5.75 Å². The highest BCUT2D eigenvalue weighted by atomic mass is 16.6. The Hall–Kier alpha value is -3.07. The molecule has 1 atom stereocenters. The summed E-state index contributed by atoms with van der Waals surface area (Å²) >= 11 is 0. The van der Waals surface area contributed by atoms with Crippen LogP contribution in [0.4, 0.5) is 10.6 Å². The topological polar surface area (TPSA) is 86.3 Å². The summed E-state index contributed by atoms with van der Waals surface area (Å²) in [6.07, 6.45) is 6.05. The minimum Gasteiger partial charge on any atom is -0.491 e. The van der Waals surface area contributed by atoms with Crippen LogP contribution in [0.3, 0.4) is 0 Å². The zero-order valence-corrected chi connectivity index (χ0v) is 21.8. The van der Waals surface area contributed by atoms with Gasteiger partial charge in [0.1, 0.15) is 17.5 Å². The van der Waals surface area contributed by atoms with E-state index in [1.54, 1.807) is 13.3 Å². The maximum Gasteiger partial charge on any atom is 0.410 e. The summed E-state index contributed by atoms with van der Waals surface area (Å²) in [7, 11) is 1.63. The molecule has 0 aromatic carbocycles. The first-order valence-electron chi connectivity index (χ1n) is 12.7. The molecule has 2 aliphatic rings. The van der Waals surface area contributed by atoms with Crippen molar-refractivity contribution in [1.82, 2.24) is 14.9 Å². The maximum absolute atomic E-state index is 12.5. The molecule has 9 nitrogen and oxygen atoms in total. The number of aromatic nitrogens is 2. The highest BCUT2D eigenvalue weighted by Gasteiger charge is 2.28. The zero-order valence-electron chi connectivity index (χ0n) is 21.8. The number of carbonyl (C=O) groups is 1. The molecule has 2 aliphatic heterocycles. The van der Waals surface area contributed by atoms with Crippen molar-refractivity contribution in [2.45, 2.75) is 58.3 Å². The Bertz CT molecular complexity index is 983. The van der Waals surface area contributed by atoms with E-state index in [1.165, 1.54) is 0 Å². The second kappa shape index (κ2) is 11.8. The third kappa shape index (κ3) is 7.22. The molecule has 2 aromatic heterocycles. The molecule has 0 N–H and O–H groups in total. The number of likely N-dealkylation sites (tertiary alicyclic amines) is 1. The van der Waals surface area contributed by atoms with Gasteiger partial charge in [0, 0.05) is 45.0 Å². The van der Waals surface area contributed by atoms with Crippen molar-refractivity contribution in [3.8, 4) is 11.6 Å². The van der Waals surface area contributed by atoms with Gasteiger partial charge in [-0.1, -0.05) is 6.07 Å². The first kappa shape index (κ1) is 26.0. The first-order valence-corrected chi connectivity index (χ1v) is 12.7. The molecule has 0 spiro atoms. The molecule has 9 heteroatoms. The fourth-order valence-corrected chi connectivity index (χ4v) is 4.48. The molecular weight excluding hydrogens is 460 g/mol. The lowest BCUT2D eigenvalue weighted by molar-refractivity contribution is 0.0186. The molecular formula is C27H38N4O5. The summed E-state index contributed by atoms with van der Waals surface area (Å²) in [5, 5.41) is 0. The van der Waals surface area contributed by atoms with Crippen LogP contribution in [0.2, 0.25) is 0 Å². The van der Waals surface area contributed by atoms with Crippen LogP contribution in [-0.4, -0.2) is 72.6 Å². The van der Waals surface area contributed by atoms with Gasteiger partial charge in [-0.05, 0) is 63.3 Å². The number of hydrogen-bond donors (Lipinski definition) is 0. The summed E-state index contributed by atoms with van der Waals surface area (Å²) < 4.78 is 22.7. The van der Waals surface area contributed by atoms with Crippen LogP contribution < -0.4 is 14.4 Å². The second-order valence-corrected chi connectivity index (χ2v) is 10.4. The lowest BCUT2D eigenvalue weighted by atomic mass is 9.96. The normalized spacial score (nSPS) is 18.7. The number of piperidine rings is 1. The van der Waals surface area contributed by atoms with Crippen molar-refractivity contribution in [3.63, 3.8) is 0 Å². The maximum atomic E-state index is 12.5. The fourth-order valence-electron chi connectivity index (χ4n) is 4.48. The molecule has 2 aromatic rings. The third-order valence-electron chi connectivity index (χ3n) is 6.36. The summed E-state index contributed by atoms with van der Waals surface area (Å²) in [6, 6.07) is 7.91. The van der Waals surface area contributed by atoms with E-state index in [0.29, 0.717) is 50.4 Å². The molecule has 4 heterocycles. The fraction of sp³-hybridized carbons (Fsp3) is 0.593. The molecule has 196 valence electrons. The van der Waals surface area contributed by atoms with Crippen molar-refractivity contribution in [2.75, 3.05) is 44.9 Å². The summed E-state index contributed by atoms with van der Waals surface area (Å²) in [4.78, 5) is 25.7. The molecule has 2 fully saturated rings. The highest BCUT2D eigenvalue weighted by molar-refractivity contribution is 5.68. The summed E-state index contributed by atoms with van der Waals surface area (Å²) in [6.45, 7) is 9.80. The van der Waals surface area contributed by atoms with E-state index in [2.05, 4.69) is 16.0 Å². The number of amides is 1. The third-order valence-corrected chi connectivity index (χ3v) is 6.36. The Balaban J connectivity index is 1.48. The van der Waals surface area contributed by atoms with Gasteiger partial charge >= 0.3 is 6.09 Å². The molecule has 0 aliphatic carbocycles. The Morgan fingerprint density at radius 1 is 1.19 bits per heavy atom. The summed E-state index contributed by atoms with van der Waals surface area (Å²) in [5.74, 6) is 2.33. The number of anilines is 1. The monoisotopic (exact) mass is 498 g/mol. The SMILES string of the molecule is COc1ccc(N(Cc2cccnc2)CC2CCN(C(=O)OC(C)(C)C)CC2)nc1OC1CCOC1. The van der Waals surface area contributed by atoms with Gasteiger partial charge in [0.2, 0.25) is 0 Å². The van der Waals surface area contributed by atoms with Gasteiger partial charge in [-0.25, -0.2) is 4.79 Å². The van der Waals surface area contributed by atoms with Gasteiger partial charge in [-0.2, -0.15) is 4.98 Å². The van der Waals surface area contributed by atoms with Crippen molar-refractivity contribution in [1.29, 1.82) is 0 Å². The number of carbonyl (C=O) groups excluding carboxylic acids is 1. The number of hydrogen-bond acceptors (Lipinski definition) is 8. The summed E-state index contributed by atoms with van der Waals surface area (Å²) in [5.41, 5.74) is 0.617. The molecule has 0 saturated carbocycles. The van der Waals surface area contributed by atoms with Crippen molar-refractivity contribution >= 4 is 11.9 Å². The Morgan fingerprint density at radius 3 is 2.64 bits per heavy atom. The number of pyridine rings is 2. The molecule has 1 unspecified atom stereocenters. The number of ether oxygens (including phenoxy) is 4. The lowest BCUT2D eigenvalue weighted by Gasteiger charge is -2.36. The zero-order chi connectivity index (χ0) is 25.5. The molecule has 0 radical (unpaired) electrons. The lowest BCUT2D eigenvalue weighted by Crippen LogP contribution is -2.43. The molecule has 0 bridgehead atoms. The van der Waals surface area contributed by atoms with Crippen LogP contribution in [0.25, 0.3) is 0 Å². The second-order valence-electron chi connectivity index (χ2n) is 10.4. The van der Waals surface area contributed by atoms with E-state index in [-0.39, 0.29) is 12.2 Å². The van der Waals surface area contributed by atoms with E-state index in [4.69, 9.17) is 23.9 Å². The van der Waals surface area contributed by atoms with Gasteiger partial charge < -0.3 is 28.7 Å². The number of rotatable bonds is 8.